The Morgan fingerprint density at radius 2 is 1.71 bits per heavy atom. The zero-order chi connectivity index (χ0) is 15.2. The molecule has 2 aromatic carbocycles. The van der Waals surface area contributed by atoms with Crippen molar-refractivity contribution >= 4 is 0 Å². The van der Waals surface area contributed by atoms with Crippen LogP contribution in [-0.2, 0) is 0 Å². The first kappa shape index (κ1) is 15.6. The van der Waals surface area contributed by atoms with Crippen LogP contribution >= 0.6 is 0 Å². The van der Waals surface area contributed by atoms with Gasteiger partial charge in [0.2, 0.25) is 0 Å². The molecule has 0 saturated heterocycles. The van der Waals surface area contributed by atoms with Gasteiger partial charge in [0.05, 0.1) is 0 Å². The smallest absolute Gasteiger partial charge is 0.163 e. The molecule has 2 atom stereocenters. The van der Waals surface area contributed by atoms with Gasteiger partial charge in [-0.3, -0.25) is 0 Å². The Morgan fingerprint density at radius 3 is 2.38 bits per heavy atom. The molecule has 0 aromatic heterocycles. The summed E-state index contributed by atoms with van der Waals surface area (Å²) in [6, 6.07) is 14.3. The van der Waals surface area contributed by atoms with E-state index in [1.165, 1.54) is 5.56 Å². The van der Waals surface area contributed by atoms with E-state index in [1.807, 2.05) is 25.1 Å². The van der Waals surface area contributed by atoms with Crippen LogP contribution in [0.4, 0.5) is 8.78 Å². The molecule has 2 rings (SSSR count). The summed E-state index contributed by atoms with van der Waals surface area (Å²) in [5, 5.41) is 3.41. The number of halogens is 2. The van der Waals surface area contributed by atoms with Crippen LogP contribution in [0.2, 0.25) is 0 Å². The van der Waals surface area contributed by atoms with E-state index in [0.717, 1.165) is 18.9 Å². The van der Waals surface area contributed by atoms with E-state index in [1.54, 1.807) is 12.1 Å². The summed E-state index contributed by atoms with van der Waals surface area (Å²) in [5.74, 6) is -1.56. The Hall–Kier alpha value is -1.74. The first-order valence-corrected chi connectivity index (χ1v) is 7.38. The predicted octanol–water partition coefficient (Wildman–Crippen LogP) is 5.16. The topological polar surface area (TPSA) is 12.0 Å². The van der Waals surface area contributed by atoms with Gasteiger partial charge >= 0.3 is 0 Å². The quantitative estimate of drug-likeness (QED) is 0.774. The third-order valence-corrected chi connectivity index (χ3v) is 3.68. The first-order chi connectivity index (χ1) is 10.1. The molecule has 1 N–H and O–H groups in total. The van der Waals surface area contributed by atoms with Crippen LogP contribution in [0, 0.1) is 11.6 Å². The van der Waals surface area contributed by atoms with Crippen molar-refractivity contribution in [1.29, 1.82) is 0 Å². The number of nitrogens with one attached hydrogen (secondary N) is 1. The van der Waals surface area contributed by atoms with Crippen LogP contribution in [0.3, 0.4) is 0 Å². The molecule has 3 heteroatoms. The second-order valence-electron chi connectivity index (χ2n) is 5.28. The number of rotatable bonds is 6. The van der Waals surface area contributed by atoms with Crippen molar-refractivity contribution in [3.63, 3.8) is 0 Å². The zero-order valence-electron chi connectivity index (χ0n) is 12.4. The molecular weight excluding hydrogens is 268 g/mol. The van der Waals surface area contributed by atoms with Crippen LogP contribution in [0.15, 0.2) is 48.5 Å². The zero-order valence-corrected chi connectivity index (χ0v) is 12.4. The summed E-state index contributed by atoms with van der Waals surface area (Å²) in [5.41, 5.74) is 1.54. The largest absolute Gasteiger partial charge is 0.303 e. The van der Waals surface area contributed by atoms with Crippen LogP contribution in [0.5, 0.6) is 0 Å². The molecule has 0 heterocycles. The molecule has 0 radical (unpaired) electrons. The van der Waals surface area contributed by atoms with Gasteiger partial charge in [-0.05, 0) is 25.0 Å². The van der Waals surface area contributed by atoms with Gasteiger partial charge in [0.15, 0.2) is 11.6 Å². The molecule has 0 aliphatic rings. The molecule has 0 spiro atoms. The van der Waals surface area contributed by atoms with E-state index in [0.29, 0.717) is 5.56 Å². The van der Waals surface area contributed by atoms with Crippen molar-refractivity contribution in [3.8, 4) is 0 Å². The second-order valence-corrected chi connectivity index (χ2v) is 5.28. The maximum Gasteiger partial charge on any atom is 0.163 e. The van der Waals surface area contributed by atoms with Gasteiger partial charge in [-0.25, -0.2) is 8.78 Å². The lowest BCUT2D eigenvalue weighted by Crippen LogP contribution is -2.25. The van der Waals surface area contributed by atoms with Crippen molar-refractivity contribution in [2.24, 2.45) is 0 Å². The van der Waals surface area contributed by atoms with E-state index in [9.17, 15) is 8.78 Å². The van der Waals surface area contributed by atoms with Crippen LogP contribution in [0.25, 0.3) is 0 Å². The molecule has 0 bridgehead atoms. The minimum atomic E-state index is -0.798. The minimum Gasteiger partial charge on any atom is -0.303 e. The average Bonchev–Trinajstić information content (AvgIpc) is 2.50. The number of hydrogen-bond donors (Lipinski definition) is 1. The van der Waals surface area contributed by atoms with Crippen molar-refractivity contribution in [3.05, 3.63) is 71.3 Å². The van der Waals surface area contributed by atoms with Crippen molar-refractivity contribution in [1.82, 2.24) is 5.32 Å². The summed E-state index contributed by atoms with van der Waals surface area (Å²) >= 11 is 0. The highest BCUT2D eigenvalue weighted by Gasteiger charge is 2.18. The van der Waals surface area contributed by atoms with Gasteiger partial charge in [-0.1, -0.05) is 55.8 Å². The third-order valence-electron chi connectivity index (χ3n) is 3.68. The van der Waals surface area contributed by atoms with Crippen LogP contribution < -0.4 is 5.32 Å². The fourth-order valence-electron chi connectivity index (χ4n) is 2.57. The van der Waals surface area contributed by atoms with Gasteiger partial charge in [0, 0.05) is 17.6 Å². The molecule has 0 aliphatic carbocycles. The third kappa shape index (κ3) is 3.88. The van der Waals surface area contributed by atoms with Crippen molar-refractivity contribution in [2.45, 2.75) is 38.8 Å². The monoisotopic (exact) mass is 289 g/mol. The molecule has 0 aliphatic heterocycles. The summed E-state index contributed by atoms with van der Waals surface area (Å²) < 4.78 is 27.2. The highest BCUT2D eigenvalue weighted by atomic mass is 19.2. The highest BCUT2D eigenvalue weighted by molar-refractivity contribution is 5.24. The van der Waals surface area contributed by atoms with Gasteiger partial charge in [-0.15, -0.1) is 0 Å². The molecule has 2 unspecified atom stereocenters. The van der Waals surface area contributed by atoms with Crippen molar-refractivity contribution in [2.75, 3.05) is 0 Å². The van der Waals surface area contributed by atoms with Gasteiger partial charge < -0.3 is 5.32 Å². The van der Waals surface area contributed by atoms with Crippen LogP contribution in [0.1, 0.15) is 49.9 Å². The first-order valence-electron chi connectivity index (χ1n) is 7.38. The molecule has 0 saturated carbocycles. The lowest BCUT2D eigenvalue weighted by atomic mass is 9.99. The molecule has 0 fully saturated rings. The standard InChI is InChI=1S/C18H21F2N/c1-3-8-17(14-9-5-4-6-10-14)21-13(2)15-11-7-12-16(19)18(15)20/h4-7,9-13,17,21H,3,8H2,1-2H3. The Labute approximate surface area is 125 Å². The Bertz CT molecular complexity index is 569. The van der Waals surface area contributed by atoms with E-state index < -0.39 is 11.6 Å². The van der Waals surface area contributed by atoms with Gasteiger partial charge in [-0.2, -0.15) is 0 Å². The van der Waals surface area contributed by atoms with E-state index in [4.69, 9.17) is 0 Å². The summed E-state index contributed by atoms with van der Waals surface area (Å²) in [6.45, 7) is 3.98. The molecule has 21 heavy (non-hydrogen) atoms. The van der Waals surface area contributed by atoms with Gasteiger partial charge in [0.25, 0.3) is 0 Å². The summed E-state index contributed by atoms with van der Waals surface area (Å²) in [4.78, 5) is 0. The Kier molecular flexibility index (Phi) is 5.45. The fraction of sp³-hybridized carbons (Fsp3) is 0.333. The lowest BCUT2D eigenvalue weighted by Gasteiger charge is -2.24. The van der Waals surface area contributed by atoms with Crippen molar-refractivity contribution < 1.29 is 8.78 Å². The summed E-state index contributed by atoms with van der Waals surface area (Å²) in [7, 11) is 0. The Balaban J connectivity index is 2.19. The number of hydrogen-bond acceptors (Lipinski definition) is 1. The normalized spacial score (nSPS) is 13.9. The molecule has 1 nitrogen and oxygen atoms in total. The predicted molar refractivity (Wildman–Crippen MR) is 82.0 cm³/mol. The van der Waals surface area contributed by atoms with E-state index >= 15 is 0 Å². The second kappa shape index (κ2) is 7.32. The minimum absolute atomic E-state index is 0.133. The van der Waals surface area contributed by atoms with Gasteiger partial charge in [0.1, 0.15) is 0 Å². The molecular formula is C18H21F2N. The fourth-order valence-corrected chi connectivity index (χ4v) is 2.57. The molecule has 112 valence electrons. The Morgan fingerprint density at radius 1 is 1.00 bits per heavy atom. The van der Waals surface area contributed by atoms with Crippen LogP contribution in [-0.4, -0.2) is 0 Å². The summed E-state index contributed by atoms with van der Waals surface area (Å²) in [6.07, 6.45) is 1.97. The SMILES string of the molecule is CCCC(NC(C)c1cccc(F)c1F)c1ccccc1. The number of benzene rings is 2. The maximum atomic E-state index is 13.9. The van der Waals surface area contributed by atoms with E-state index in [2.05, 4.69) is 24.4 Å². The molecule has 0 amide bonds. The lowest BCUT2D eigenvalue weighted by molar-refractivity contribution is 0.418. The maximum absolute atomic E-state index is 13.9. The molecule has 2 aromatic rings. The average molecular weight is 289 g/mol. The highest BCUT2D eigenvalue weighted by Crippen LogP contribution is 2.25. The van der Waals surface area contributed by atoms with E-state index in [-0.39, 0.29) is 12.1 Å².